The van der Waals surface area contributed by atoms with Crippen molar-refractivity contribution < 1.29 is 20.3 Å². The van der Waals surface area contributed by atoms with E-state index in [1.54, 1.807) is 30.5 Å². The van der Waals surface area contributed by atoms with Gasteiger partial charge in [-0.15, -0.1) is 0 Å². The van der Waals surface area contributed by atoms with Crippen LogP contribution in [0.15, 0.2) is 59.7 Å². The molecule has 0 N–H and O–H groups in total. The average molecular weight is 406 g/mol. The predicted octanol–water partition coefficient (Wildman–Crippen LogP) is 7.09. The molecule has 0 radical (unpaired) electrons. The van der Waals surface area contributed by atoms with Crippen LogP contribution in [-0.2, 0) is 20.3 Å². The van der Waals surface area contributed by atoms with Crippen molar-refractivity contribution >= 4 is 12.2 Å². The van der Waals surface area contributed by atoms with E-state index in [0.29, 0.717) is 0 Å². The van der Waals surface area contributed by atoms with Crippen molar-refractivity contribution in [1.29, 1.82) is 0 Å². The van der Waals surface area contributed by atoms with Gasteiger partial charge >= 0.3 is 157 Å². The van der Waals surface area contributed by atoms with E-state index in [9.17, 15) is 0 Å². The summed E-state index contributed by atoms with van der Waals surface area (Å²) >= 11 is -2.49. The second kappa shape index (κ2) is 5.92. The zero-order chi connectivity index (χ0) is 17.0. The van der Waals surface area contributed by atoms with Gasteiger partial charge in [-0.05, 0) is 0 Å². The normalized spacial score (nSPS) is 26.2. The molecule has 0 bridgehead atoms. The van der Waals surface area contributed by atoms with Gasteiger partial charge in [0.2, 0.25) is 0 Å². The van der Waals surface area contributed by atoms with Crippen molar-refractivity contribution in [3.05, 3.63) is 81.9 Å². The second-order valence-corrected chi connectivity index (χ2v) is 19.7. The molecule has 2 atom stereocenters. The Hall–Kier alpha value is -1.20. The molecule has 1 saturated heterocycles. The molecular weight excluding hydrogens is 379 g/mol. The molecule has 2 aliphatic carbocycles. The van der Waals surface area contributed by atoms with Crippen molar-refractivity contribution in [1.82, 2.24) is 0 Å². The van der Waals surface area contributed by atoms with Gasteiger partial charge in [-0.3, -0.25) is 0 Å². The van der Waals surface area contributed by atoms with Crippen LogP contribution < -0.4 is 0 Å². The summed E-state index contributed by atoms with van der Waals surface area (Å²) in [6.07, 6.45) is 7.93. The fourth-order valence-electron chi connectivity index (χ4n) is 6.26. The Morgan fingerprint density at radius 1 is 0.680 bits per heavy atom. The Kier molecular flexibility index (Phi) is 3.79. The average Bonchev–Trinajstić information content (AvgIpc) is 3.28. The van der Waals surface area contributed by atoms with Crippen molar-refractivity contribution in [2.24, 2.45) is 0 Å². The van der Waals surface area contributed by atoms with Crippen LogP contribution >= 0.6 is 0 Å². The van der Waals surface area contributed by atoms with Gasteiger partial charge in [0.1, 0.15) is 0 Å². The SMILES string of the molecule is CC1=Cc2ccccc2[CH]1[Zr]1([CH]2C(C)=Cc3ccccc32)[CH2]CC[CH2]1. The molecule has 2 aromatic rings. The van der Waals surface area contributed by atoms with Crippen LogP contribution in [0.5, 0.6) is 0 Å². The first-order valence-corrected chi connectivity index (χ1v) is 16.1. The zero-order valence-corrected chi connectivity index (χ0v) is 17.7. The van der Waals surface area contributed by atoms with E-state index in [1.165, 1.54) is 24.0 Å². The van der Waals surface area contributed by atoms with E-state index in [4.69, 9.17) is 0 Å². The van der Waals surface area contributed by atoms with Crippen molar-refractivity contribution in [2.75, 3.05) is 0 Å². The Morgan fingerprint density at radius 2 is 1.12 bits per heavy atom. The van der Waals surface area contributed by atoms with Gasteiger partial charge in [0.05, 0.1) is 0 Å². The van der Waals surface area contributed by atoms with Gasteiger partial charge in [0, 0.05) is 0 Å². The standard InChI is InChI=1S/2C10H9.C4H8.Zr/c2*1-8-6-9-4-2-3-5-10(9)7-8;1-3-4-2;/h2*2-7H,1H3;1-4H2;. The summed E-state index contributed by atoms with van der Waals surface area (Å²) in [5, 5.41) is 0. The Labute approximate surface area is 156 Å². The van der Waals surface area contributed by atoms with Gasteiger partial charge < -0.3 is 0 Å². The molecule has 3 aliphatic rings. The van der Waals surface area contributed by atoms with Gasteiger partial charge in [0.15, 0.2) is 0 Å². The topological polar surface area (TPSA) is 0 Å². The van der Waals surface area contributed by atoms with Crippen LogP contribution in [0.3, 0.4) is 0 Å². The minimum atomic E-state index is -2.49. The van der Waals surface area contributed by atoms with Crippen molar-refractivity contribution in [2.45, 2.75) is 42.2 Å². The molecule has 0 spiro atoms. The molecule has 126 valence electrons. The van der Waals surface area contributed by atoms with Crippen LogP contribution in [-0.4, -0.2) is 0 Å². The third kappa shape index (κ3) is 2.28. The number of hydrogen-bond acceptors (Lipinski definition) is 0. The first-order valence-electron chi connectivity index (χ1n) is 9.75. The molecule has 25 heavy (non-hydrogen) atoms. The van der Waals surface area contributed by atoms with E-state index in [2.05, 4.69) is 74.5 Å². The minimum absolute atomic E-state index is 0.785. The molecule has 1 aliphatic heterocycles. The van der Waals surface area contributed by atoms with E-state index in [1.807, 2.05) is 0 Å². The van der Waals surface area contributed by atoms with Gasteiger partial charge in [0.25, 0.3) is 0 Å². The Morgan fingerprint density at radius 3 is 1.60 bits per heavy atom. The number of benzene rings is 2. The summed E-state index contributed by atoms with van der Waals surface area (Å²) in [7, 11) is 0. The molecule has 2 unspecified atom stereocenters. The number of fused-ring (bicyclic) bond motifs is 2. The second-order valence-electron chi connectivity index (χ2n) is 8.34. The van der Waals surface area contributed by atoms with Gasteiger partial charge in [-0.1, -0.05) is 0 Å². The summed E-state index contributed by atoms with van der Waals surface area (Å²) in [4.78, 5) is 0. The van der Waals surface area contributed by atoms with Crippen LogP contribution in [0, 0.1) is 0 Å². The zero-order valence-electron chi connectivity index (χ0n) is 15.3. The van der Waals surface area contributed by atoms with Crippen LogP contribution in [0.1, 0.15) is 56.2 Å². The molecule has 0 amide bonds. The van der Waals surface area contributed by atoms with E-state index in [-0.39, 0.29) is 0 Å². The number of rotatable bonds is 2. The first kappa shape index (κ1) is 16.0. The molecule has 0 saturated carbocycles. The summed E-state index contributed by atoms with van der Waals surface area (Å²) in [5.74, 6) is 0. The Bertz CT molecular complexity index is 826. The van der Waals surface area contributed by atoms with Crippen LogP contribution in [0.4, 0.5) is 0 Å². The monoisotopic (exact) mass is 404 g/mol. The molecule has 5 rings (SSSR count). The summed E-state index contributed by atoms with van der Waals surface area (Å²) in [6.45, 7) is 4.84. The molecule has 1 heterocycles. The molecule has 0 aromatic heterocycles. The fourth-order valence-corrected chi connectivity index (χ4v) is 24.2. The molecular formula is C24H26Zr. The van der Waals surface area contributed by atoms with Crippen LogP contribution in [0.25, 0.3) is 12.2 Å². The van der Waals surface area contributed by atoms with Gasteiger partial charge in [-0.25, -0.2) is 0 Å². The Balaban J connectivity index is 1.70. The predicted molar refractivity (Wildman–Crippen MR) is 105 cm³/mol. The summed E-state index contributed by atoms with van der Waals surface area (Å²) < 4.78 is 4.69. The third-order valence-corrected chi connectivity index (χ3v) is 22.7. The molecule has 1 heteroatoms. The van der Waals surface area contributed by atoms with Crippen molar-refractivity contribution in [3.63, 3.8) is 0 Å². The number of allylic oxidation sites excluding steroid dienone is 2. The molecule has 0 nitrogen and oxygen atoms in total. The van der Waals surface area contributed by atoms with E-state index < -0.39 is 20.3 Å². The molecule has 2 aromatic carbocycles. The third-order valence-electron chi connectivity index (χ3n) is 6.98. The maximum absolute atomic E-state index is 2.50. The van der Waals surface area contributed by atoms with E-state index >= 15 is 0 Å². The van der Waals surface area contributed by atoms with Crippen molar-refractivity contribution in [3.8, 4) is 0 Å². The van der Waals surface area contributed by atoms with Crippen LogP contribution in [0.2, 0.25) is 8.26 Å². The number of hydrogen-bond donors (Lipinski definition) is 0. The van der Waals surface area contributed by atoms with E-state index in [0.717, 1.165) is 7.25 Å². The maximum atomic E-state index is 2.50. The summed E-state index contributed by atoms with van der Waals surface area (Å²) in [5.41, 5.74) is 9.65. The first-order chi connectivity index (χ1) is 12.2. The molecule has 1 fully saturated rings. The fraction of sp³-hybridized carbons (Fsp3) is 0.333. The van der Waals surface area contributed by atoms with Gasteiger partial charge in [-0.2, -0.15) is 0 Å². The quantitative estimate of drug-likeness (QED) is 0.500. The summed E-state index contributed by atoms with van der Waals surface area (Å²) in [6, 6.07) is 18.5.